The zero-order valence-corrected chi connectivity index (χ0v) is 15.4. The first-order chi connectivity index (χ1) is 12.1. The molecule has 0 saturated heterocycles. The Hall–Kier alpha value is -2.01. The zero-order chi connectivity index (χ0) is 18.2. The van der Waals surface area contributed by atoms with E-state index in [1.165, 1.54) is 13.2 Å². The number of hydrogen-bond donors (Lipinski definition) is 0. The molecule has 0 spiro atoms. The van der Waals surface area contributed by atoms with Crippen molar-refractivity contribution in [3.8, 4) is 5.75 Å². The topological polar surface area (TPSA) is 65.7 Å². The summed E-state index contributed by atoms with van der Waals surface area (Å²) in [5.41, 5.74) is 1.30. The number of alkyl halides is 1. The van der Waals surface area contributed by atoms with E-state index >= 15 is 0 Å². The molecule has 0 aliphatic heterocycles. The van der Waals surface area contributed by atoms with Crippen molar-refractivity contribution in [2.45, 2.75) is 39.0 Å². The maximum absolute atomic E-state index is 12.4. The van der Waals surface area contributed by atoms with Crippen LogP contribution in [-0.4, -0.2) is 25.6 Å². The molecule has 6 heteroatoms. The van der Waals surface area contributed by atoms with Gasteiger partial charge in [0.05, 0.1) is 25.5 Å². The lowest BCUT2D eigenvalue weighted by molar-refractivity contribution is -0.140. The molecule has 0 unspecified atom stereocenters. The first kappa shape index (κ1) is 19.3. The number of hydrogen-bond acceptors (Lipinski definition) is 5. The predicted molar refractivity (Wildman–Crippen MR) is 97.6 cm³/mol. The fourth-order valence-electron chi connectivity index (χ4n) is 2.61. The van der Waals surface area contributed by atoms with E-state index in [2.05, 4.69) is 11.7 Å². The van der Waals surface area contributed by atoms with Gasteiger partial charge in [-0.3, -0.25) is 9.59 Å². The summed E-state index contributed by atoms with van der Waals surface area (Å²) in [6.07, 6.45) is 2.85. The molecule has 0 aliphatic carbocycles. The third kappa shape index (κ3) is 4.98. The van der Waals surface area contributed by atoms with Crippen LogP contribution < -0.4 is 10.2 Å². The van der Waals surface area contributed by atoms with E-state index in [0.29, 0.717) is 41.4 Å². The SMILES string of the molecule is CCCc1c(OCCCCl)ccc2c(=O)cc(CCC(=O)OC)oc12. The van der Waals surface area contributed by atoms with Crippen LogP contribution in [0.5, 0.6) is 5.75 Å². The molecular formula is C19H23ClO5. The Bertz CT molecular complexity index is 781. The summed E-state index contributed by atoms with van der Waals surface area (Å²) in [6, 6.07) is 4.97. The molecule has 0 saturated carbocycles. The maximum Gasteiger partial charge on any atom is 0.305 e. The molecule has 0 bridgehead atoms. The highest BCUT2D eigenvalue weighted by Crippen LogP contribution is 2.29. The Labute approximate surface area is 151 Å². The van der Waals surface area contributed by atoms with E-state index in [1.807, 2.05) is 6.07 Å². The number of carbonyl (C=O) groups excluding carboxylic acids is 1. The van der Waals surface area contributed by atoms with Crippen LogP contribution in [0.2, 0.25) is 0 Å². The van der Waals surface area contributed by atoms with E-state index in [0.717, 1.165) is 24.8 Å². The summed E-state index contributed by atoms with van der Waals surface area (Å²) >= 11 is 5.70. The second-order valence-electron chi connectivity index (χ2n) is 5.71. The van der Waals surface area contributed by atoms with Crippen LogP contribution in [-0.2, 0) is 22.4 Å². The van der Waals surface area contributed by atoms with Gasteiger partial charge >= 0.3 is 5.97 Å². The minimum absolute atomic E-state index is 0.120. The first-order valence-electron chi connectivity index (χ1n) is 8.44. The van der Waals surface area contributed by atoms with Gasteiger partial charge in [0.2, 0.25) is 0 Å². The molecule has 2 aromatic rings. The van der Waals surface area contributed by atoms with Crippen LogP contribution in [0.1, 0.15) is 37.5 Å². The normalized spacial score (nSPS) is 10.8. The molecule has 136 valence electrons. The van der Waals surface area contributed by atoms with Crippen LogP contribution in [0.15, 0.2) is 27.4 Å². The van der Waals surface area contributed by atoms with E-state index in [4.69, 9.17) is 20.8 Å². The molecule has 0 aliphatic rings. The fourth-order valence-corrected chi connectivity index (χ4v) is 2.72. The Morgan fingerprint density at radius 1 is 1.28 bits per heavy atom. The predicted octanol–water partition coefficient (Wildman–Crippen LogP) is 3.86. The lowest BCUT2D eigenvalue weighted by atomic mass is 10.0. The number of methoxy groups -OCH3 is 1. The van der Waals surface area contributed by atoms with Gasteiger partial charge in [0.25, 0.3) is 0 Å². The van der Waals surface area contributed by atoms with Gasteiger partial charge < -0.3 is 13.9 Å². The van der Waals surface area contributed by atoms with Gasteiger partial charge in [0.1, 0.15) is 17.1 Å². The highest BCUT2D eigenvalue weighted by molar-refractivity contribution is 6.17. The van der Waals surface area contributed by atoms with Gasteiger partial charge in [-0.1, -0.05) is 13.3 Å². The van der Waals surface area contributed by atoms with Crippen LogP contribution >= 0.6 is 11.6 Å². The van der Waals surface area contributed by atoms with E-state index in [1.54, 1.807) is 6.07 Å². The monoisotopic (exact) mass is 366 g/mol. The van der Waals surface area contributed by atoms with Crippen molar-refractivity contribution < 1.29 is 18.7 Å². The van der Waals surface area contributed by atoms with Gasteiger partial charge in [-0.15, -0.1) is 11.6 Å². The van der Waals surface area contributed by atoms with Gasteiger partial charge in [-0.25, -0.2) is 0 Å². The molecule has 1 heterocycles. The second kappa shape index (κ2) is 9.47. The first-order valence-corrected chi connectivity index (χ1v) is 8.98. The van der Waals surface area contributed by atoms with Crippen LogP contribution in [0, 0.1) is 0 Å². The van der Waals surface area contributed by atoms with Gasteiger partial charge in [-0.05, 0) is 25.0 Å². The van der Waals surface area contributed by atoms with Crippen LogP contribution in [0.4, 0.5) is 0 Å². The molecule has 0 amide bonds. The van der Waals surface area contributed by atoms with Gasteiger partial charge in [-0.2, -0.15) is 0 Å². The summed E-state index contributed by atoms with van der Waals surface area (Å²) in [6.45, 7) is 2.57. The molecular weight excluding hydrogens is 344 g/mol. The average molecular weight is 367 g/mol. The number of halogens is 1. The van der Waals surface area contributed by atoms with Crippen molar-refractivity contribution in [3.63, 3.8) is 0 Å². The van der Waals surface area contributed by atoms with Crippen LogP contribution in [0.25, 0.3) is 11.0 Å². The Kier molecular flexibility index (Phi) is 7.31. The van der Waals surface area contributed by atoms with Crippen molar-refractivity contribution in [2.24, 2.45) is 0 Å². The third-order valence-corrected chi connectivity index (χ3v) is 4.11. The van der Waals surface area contributed by atoms with Crippen molar-refractivity contribution in [1.82, 2.24) is 0 Å². The number of rotatable bonds is 9. The number of fused-ring (bicyclic) bond motifs is 1. The molecule has 5 nitrogen and oxygen atoms in total. The second-order valence-corrected chi connectivity index (χ2v) is 6.09. The lowest BCUT2D eigenvalue weighted by Crippen LogP contribution is -2.08. The number of benzene rings is 1. The largest absolute Gasteiger partial charge is 0.493 e. The molecule has 0 fully saturated rings. The summed E-state index contributed by atoms with van der Waals surface area (Å²) in [4.78, 5) is 23.7. The molecule has 2 rings (SSSR count). The fraction of sp³-hybridized carbons (Fsp3) is 0.474. The Morgan fingerprint density at radius 3 is 2.76 bits per heavy atom. The van der Waals surface area contributed by atoms with Gasteiger partial charge in [0.15, 0.2) is 5.43 Å². The number of aryl methyl sites for hydroxylation is 2. The van der Waals surface area contributed by atoms with Crippen molar-refractivity contribution >= 4 is 28.5 Å². The average Bonchev–Trinajstić information content (AvgIpc) is 2.61. The molecule has 1 aromatic carbocycles. The number of ether oxygens (including phenoxy) is 2. The minimum atomic E-state index is -0.338. The van der Waals surface area contributed by atoms with E-state index < -0.39 is 0 Å². The highest BCUT2D eigenvalue weighted by atomic mass is 35.5. The van der Waals surface area contributed by atoms with E-state index in [9.17, 15) is 9.59 Å². The van der Waals surface area contributed by atoms with Gasteiger partial charge in [0, 0.05) is 23.9 Å². The van der Waals surface area contributed by atoms with Crippen molar-refractivity contribution in [3.05, 3.63) is 39.7 Å². The summed E-state index contributed by atoms with van der Waals surface area (Å²) in [5.74, 6) is 1.38. The summed E-state index contributed by atoms with van der Waals surface area (Å²) < 4.78 is 16.4. The van der Waals surface area contributed by atoms with Crippen molar-refractivity contribution in [2.75, 3.05) is 19.6 Å². The maximum atomic E-state index is 12.4. The molecule has 0 radical (unpaired) electrons. The Morgan fingerprint density at radius 2 is 2.08 bits per heavy atom. The third-order valence-electron chi connectivity index (χ3n) is 3.85. The smallest absolute Gasteiger partial charge is 0.305 e. The quantitative estimate of drug-likeness (QED) is 0.383. The summed E-state index contributed by atoms with van der Waals surface area (Å²) in [7, 11) is 1.34. The highest BCUT2D eigenvalue weighted by Gasteiger charge is 2.15. The molecule has 0 atom stereocenters. The number of esters is 1. The molecule has 1 aromatic heterocycles. The number of carbonyl (C=O) groups is 1. The molecule has 25 heavy (non-hydrogen) atoms. The van der Waals surface area contributed by atoms with Crippen molar-refractivity contribution in [1.29, 1.82) is 0 Å². The molecule has 0 N–H and O–H groups in total. The standard InChI is InChI=1S/C19H23ClO5/c1-3-5-15-17(24-11-4-10-20)8-7-14-16(21)12-13(25-19(14)15)6-9-18(22)23-2/h7-8,12H,3-6,9-11H2,1-2H3. The summed E-state index contributed by atoms with van der Waals surface area (Å²) in [5, 5.41) is 0.523. The minimum Gasteiger partial charge on any atom is -0.493 e. The van der Waals surface area contributed by atoms with Crippen LogP contribution in [0.3, 0.4) is 0 Å². The van der Waals surface area contributed by atoms with E-state index in [-0.39, 0.29) is 17.8 Å². The Balaban J connectivity index is 2.43. The lowest BCUT2D eigenvalue weighted by Gasteiger charge is -2.13. The zero-order valence-electron chi connectivity index (χ0n) is 14.6.